The highest BCUT2D eigenvalue weighted by molar-refractivity contribution is 5.99. The summed E-state index contributed by atoms with van der Waals surface area (Å²) in [6.45, 7) is 6.32. The molecule has 0 aliphatic carbocycles. The van der Waals surface area contributed by atoms with E-state index in [0.717, 1.165) is 46.2 Å². The van der Waals surface area contributed by atoms with Crippen LogP contribution in [0.15, 0.2) is 59.7 Å². The highest BCUT2D eigenvalue weighted by Crippen LogP contribution is 2.34. The minimum Gasteiger partial charge on any atom is -0.374 e. The lowest BCUT2D eigenvalue weighted by Gasteiger charge is -2.24. The third-order valence-corrected chi connectivity index (χ3v) is 6.59. The second-order valence-corrected chi connectivity index (χ2v) is 9.11. The molecule has 6 rings (SSSR count). The minimum absolute atomic E-state index is 0.0124. The maximum Gasteiger partial charge on any atom is 0.261 e. The fourth-order valence-corrected chi connectivity index (χ4v) is 4.84. The van der Waals surface area contributed by atoms with Gasteiger partial charge in [0, 0.05) is 30.9 Å². The monoisotopic (exact) mass is 481 g/mol. The Balaban J connectivity index is 1.50. The van der Waals surface area contributed by atoms with E-state index in [9.17, 15) is 4.79 Å². The second-order valence-electron chi connectivity index (χ2n) is 9.11. The fraction of sp³-hybridized carbons (Fsp3) is 0.259. The molecule has 4 heterocycles. The Bertz CT molecular complexity index is 1600. The van der Waals surface area contributed by atoms with Crippen molar-refractivity contribution in [1.82, 2.24) is 30.2 Å². The van der Waals surface area contributed by atoms with E-state index in [0.29, 0.717) is 29.5 Å². The van der Waals surface area contributed by atoms with Crippen LogP contribution in [-0.4, -0.2) is 44.6 Å². The number of nitrogens with one attached hydrogen (secondary N) is 4. The topological polar surface area (TPSA) is 121 Å². The Morgan fingerprint density at radius 1 is 1.08 bits per heavy atom. The van der Waals surface area contributed by atoms with Crippen LogP contribution in [0.4, 0.5) is 5.69 Å². The first-order chi connectivity index (χ1) is 17.6. The van der Waals surface area contributed by atoms with Crippen molar-refractivity contribution in [3.63, 3.8) is 0 Å². The van der Waals surface area contributed by atoms with Gasteiger partial charge in [0.25, 0.3) is 5.56 Å². The number of aromatic amines is 2. The van der Waals surface area contributed by atoms with Gasteiger partial charge in [-0.15, -0.1) is 0 Å². The van der Waals surface area contributed by atoms with Gasteiger partial charge in [-0.05, 0) is 43.2 Å². The molecule has 36 heavy (non-hydrogen) atoms. The van der Waals surface area contributed by atoms with E-state index in [-0.39, 0.29) is 17.7 Å². The number of imidazole rings is 1. The molecule has 5 aromatic rings. The molecule has 0 amide bonds. The smallest absolute Gasteiger partial charge is 0.261 e. The molecule has 9 nitrogen and oxygen atoms in total. The van der Waals surface area contributed by atoms with Gasteiger partial charge in [0.2, 0.25) is 0 Å². The first kappa shape index (κ1) is 22.4. The number of pyridine rings is 1. The van der Waals surface area contributed by atoms with Gasteiger partial charge in [-0.3, -0.25) is 4.79 Å². The number of hydrogen-bond donors (Lipinski definition) is 4. The van der Waals surface area contributed by atoms with Gasteiger partial charge in [-0.25, -0.2) is 15.0 Å². The molecule has 1 aliphatic rings. The lowest BCUT2D eigenvalue weighted by atomic mass is 10.0. The van der Waals surface area contributed by atoms with Gasteiger partial charge in [-0.2, -0.15) is 0 Å². The van der Waals surface area contributed by atoms with Gasteiger partial charge < -0.3 is 25.3 Å². The molecule has 2 atom stereocenters. The molecule has 1 aliphatic heterocycles. The van der Waals surface area contributed by atoms with Gasteiger partial charge in [0.05, 0.1) is 41.0 Å². The zero-order valence-corrected chi connectivity index (χ0v) is 20.1. The summed E-state index contributed by atoms with van der Waals surface area (Å²) in [5, 5.41) is 7.76. The van der Waals surface area contributed by atoms with E-state index in [1.165, 1.54) is 0 Å². The summed E-state index contributed by atoms with van der Waals surface area (Å²) in [5.41, 5.74) is 5.46. The molecular weight excluding hydrogens is 454 g/mol. The van der Waals surface area contributed by atoms with Gasteiger partial charge in [0.15, 0.2) is 0 Å². The van der Waals surface area contributed by atoms with Crippen LogP contribution in [0.2, 0.25) is 0 Å². The lowest BCUT2D eigenvalue weighted by molar-refractivity contribution is 0.0277. The van der Waals surface area contributed by atoms with Crippen LogP contribution < -0.4 is 16.2 Å². The van der Waals surface area contributed by atoms with Crippen molar-refractivity contribution < 1.29 is 4.74 Å². The number of H-pyrrole nitrogens is 2. The van der Waals surface area contributed by atoms with E-state index in [1.807, 2.05) is 38.1 Å². The number of aryl methyl sites for hydroxylation is 1. The van der Waals surface area contributed by atoms with Crippen LogP contribution in [0.25, 0.3) is 33.3 Å². The summed E-state index contributed by atoms with van der Waals surface area (Å²) in [7, 11) is 0. The average molecular weight is 482 g/mol. The number of benzene rings is 2. The molecule has 2 aromatic carbocycles. The number of morpholine rings is 1. The van der Waals surface area contributed by atoms with Crippen molar-refractivity contribution in [1.29, 1.82) is 0 Å². The molecule has 0 saturated carbocycles. The number of fused-ring (bicyclic) bond motifs is 2. The highest BCUT2D eigenvalue weighted by atomic mass is 16.5. The SMILES string of the molecule is Cc1cc(C2CNCCO2)cc2[nH]c(-c3c(NC(C)c4ncccn4)c4ccccc4[nH]c3=O)nc12. The molecule has 9 heteroatoms. The average Bonchev–Trinajstić information content (AvgIpc) is 3.34. The summed E-state index contributed by atoms with van der Waals surface area (Å²) in [6.07, 6.45) is 3.41. The summed E-state index contributed by atoms with van der Waals surface area (Å²) in [5.74, 6) is 1.14. The number of ether oxygens (including phenoxy) is 1. The fourth-order valence-electron chi connectivity index (χ4n) is 4.84. The van der Waals surface area contributed by atoms with E-state index in [2.05, 4.69) is 42.7 Å². The number of rotatable bonds is 5. The maximum absolute atomic E-state index is 13.4. The van der Waals surface area contributed by atoms with Crippen LogP contribution in [0.1, 0.15) is 36.0 Å². The number of anilines is 1. The zero-order valence-electron chi connectivity index (χ0n) is 20.1. The first-order valence-corrected chi connectivity index (χ1v) is 12.1. The lowest BCUT2D eigenvalue weighted by Crippen LogP contribution is -2.33. The summed E-state index contributed by atoms with van der Waals surface area (Å²) >= 11 is 0. The quantitative estimate of drug-likeness (QED) is 0.299. The summed E-state index contributed by atoms with van der Waals surface area (Å²) < 4.78 is 5.96. The standard InChI is InChI=1S/C27H27N7O2/c1-15-12-17(21-14-28-10-11-36-21)13-20-23(15)34-26(32-20)22-24(31-16(2)25-29-8-5-9-30-25)18-6-3-4-7-19(18)33-27(22)35/h3-9,12-13,16,21,28H,10-11,14H2,1-2H3,(H,32,34)(H2,31,33,35). The van der Waals surface area contributed by atoms with Crippen LogP contribution in [-0.2, 0) is 4.74 Å². The molecule has 1 saturated heterocycles. The molecular formula is C27H27N7O2. The number of aromatic nitrogens is 5. The predicted molar refractivity (Wildman–Crippen MR) is 140 cm³/mol. The Morgan fingerprint density at radius 2 is 1.92 bits per heavy atom. The van der Waals surface area contributed by atoms with Crippen LogP contribution in [0, 0.1) is 6.92 Å². The molecule has 2 unspecified atom stereocenters. The normalized spacial score (nSPS) is 16.9. The van der Waals surface area contributed by atoms with Crippen molar-refractivity contribution in [2.45, 2.75) is 26.0 Å². The van der Waals surface area contributed by atoms with Gasteiger partial charge >= 0.3 is 0 Å². The highest BCUT2D eigenvalue weighted by Gasteiger charge is 2.22. The van der Waals surface area contributed by atoms with E-state index < -0.39 is 0 Å². The Morgan fingerprint density at radius 3 is 2.72 bits per heavy atom. The van der Waals surface area contributed by atoms with Crippen LogP contribution in [0.5, 0.6) is 0 Å². The third kappa shape index (κ3) is 4.02. The predicted octanol–water partition coefficient (Wildman–Crippen LogP) is 4.00. The Kier molecular flexibility index (Phi) is 5.71. The Labute approximate surface area is 207 Å². The molecule has 0 spiro atoms. The van der Waals surface area contributed by atoms with Crippen LogP contribution >= 0.6 is 0 Å². The van der Waals surface area contributed by atoms with E-state index in [1.54, 1.807) is 18.5 Å². The Hall–Kier alpha value is -4.08. The van der Waals surface area contributed by atoms with Gasteiger partial charge in [-0.1, -0.05) is 24.3 Å². The molecule has 0 radical (unpaired) electrons. The first-order valence-electron chi connectivity index (χ1n) is 12.1. The van der Waals surface area contributed by atoms with Crippen LogP contribution in [0.3, 0.4) is 0 Å². The van der Waals surface area contributed by atoms with Crippen molar-refractivity contribution in [3.05, 3.63) is 82.2 Å². The number of para-hydroxylation sites is 1. The summed E-state index contributed by atoms with van der Waals surface area (Å²) in [4.78, 5) is 33.5. The maximum atomic E-state index is 13.4. The third-order valence-electron chi connectivity index (χ3n) is 6.59. The van der Waals surface area contributed by atoms with E-state index in [4.69, 9.17) is 9.72 Å². The minimum atomic E-state index is -0.233. The van der Waals surface area contributed by atoms with Crippen molar-refractivity contribution in [3.8, 4) is 11.4 Å². The molecule has 4 N–H and O–H groups in total. The second kappa shape index (κ2) is 9.18. The summed E-state index contributed by atoms with van der Waals surface area (Å²) in [6, 6.07) is 13.5. The van der Waals surface area contributed by atoms with Gasteiger partial charge in [0.1, 0.15) is 17.2 Å². The van der Waals surface area contributed by atoms with Crippen molar-refractivity contribution >= 4 is 27.6 Å². The largest absolute Gasteiger partial charge is 0.374 e. The molecule has 0 bridgehead atoms. The van der Waals surface area contributed by atoms with E-state index >= 15 is 0 Å². The van der Waals surface area contributed by atoms with Crippen molar-refractivity contribution in [2.24, 2.45) is 0 Å². The molecule has 3 aromatic heterocycles. The number of hydrogen-bond acceptors (Lipinski definition) is 7. The molecule has 1 fully saturated rings. The zero-order chi connectivity index (χ0) is 24.6. The molecule has 182 valence electrons. The van der Waals surface area contributed by atoms with Crippen molar-refractivity contribution in [2.75, 3.05) is 25.0 Å². The number of nitrogens with zero attached hydrogens (tertiary/aromatic N) is 3.